The van der Waals surface area contributed by atoms with E-state index in [9.17, 15) is 9.59 Å². The molecule has 2 fully saturated rings. The monoisotopic (exact) mass is 288 g/mol. The maximum atomic E-state index is 12.0. The molecule has 21 heavy (non-hydrogen) atoms. The molecule has 2 aliphatic rings. The van der Waals surface area contributed by atoms with Crippen LogP contribution in [0.4, 0.5) is 4.79 Å². The van der Waals surface area contributed by atoms with Crippen molar-refractivity contribution in [1.29, 1.82) is 0 Å². The predicted molar refractivity (Wildman–Crippen MR) is 77.2 cm³/mol. The number of ether oxygens (including phenoxy) is 1. The molecule has 1 saturated heterocycles. The van der Waals surface area contributed by atoms with E-state index in [0.29, 0.717) is 19.7 Å². The van der Waals surface area contributed by atoms with Crippen LogP contribution in [-0.4, -0.2) is 30.0 Å². The van der Waals surface area contributed by atoms with Crippen LogP contribution in [0.1, 0.15) is 24.8 Å². The summed E-state index contributed by atoms with van der Waals surface area (Å²) in [5, 5.41) is 0. The summed E-state index contributed by atoms with van der Waals surface area (Å²) in [5.74, 6) is -0.185. The van der Waals surface area contributed by atoms with Crippen LogP contribution in [0.15, 0.2) is 30.3 Å². The summed E-state index contributed by atoms with van der Waals surface area (Å²) in [4.78, 5) is 25.0. The van der Waals surface area contributed by atoms with Crippen molar-refractivity contribution in [1.82, 2.24) is 4.90 Å². The second-order valence-electron chi connectivity index (χ2n) is 6.05. The molecule has 0 radical (unpaired) electrons. The van der Waals surface area contributed by atoms with Crippen molar-refractivity contribution in [2.75, 3.05) is 13.1 Å². The Balaban J connectivity index is 1.46. The summed E-state index contributed by atoms with van der Waals surface area (Å²) in [7, 11) is 0. The van der Waals surface area contributed by atoms with Crippen molar-refractivity contribution in [3.05, 3.63) is 35.9 Å². The van der Waals surface area contributed by atoms with Crippen LogP contribution >= 0.6 is 0 Å². The van der Waals surface area contributed by atoms with Gasteiger partial charge in [-0.1, -0.05) is 30.3 Å². The molecule has 1 aliphatic carbocycles. The van der Waals surface area contributed by atoms with Gasteiger partial charge in [0.05, 0.1) is 0 Å². The molecule has 2 amide bonds. The van der Waals surface area contributed by atoms with E-state index in [4.69, 9.17) is 10.5 Å². The van der Waals surface area contributed by atoms with Gasteiger partial charge in [0.1, 0.15) is 6.61 Å². The third-order valence-electron chi connectivity index (χ3n) is 4.76. The van der Waals surface area contributed by atoms with E-state index in [0.717, 1.165) is 24.8 Å². The van der Waals surface area contributed by atoms with Gasteiger partial charge in [-0.05, 0) is 30.2 Å². The summed E-state index contributed by atoms with van der Waals surface area (Å²) < 4.78 is 5.33. The number of hydrogen-bond donors (Lipinski definition) is 1. The molecule has 0 aromatic heterocycles. The zero-order chi connectivity index (χ0) is 14.9. The van der Waals surface area contributed by atoms with Crippen LogP contribution < -0.4 is 5.73 Å². The molecule has 1 spiro atoms. The van der Waals surface area contributed by atoms with Gasteiger partial charge in [-0.15, -0.1) is 0 Å². The van der Waals surface area contributed by atoms with Gasteiger partial charge in [0.25, 0.3) is 0 Å². The lowest BCUT2D eigenvalue weighted by Gasteiger charge is -2.31. The Morgan fingerprint density at radius 1 is 1.24 bits per heavy atom. The molecule has 5 nitrogen and oxygen atoms in total. The van der Waals surface area contributed by atoms with E-state index < -0.39 is 0 Å². The molecule has 0 bridgehead atoms. The van der Waals surface area contributed by atoms with Gasteiger partial charge in [0.15, 0.2) is 0 Å². The van der Waals surface area contributed by atoms with Crippen molar-refractivity contribution < 1.29 is 14.3 Å². The van der Waals surface area contributed by atoms with Gasteiger partial charge in [0.2, 0.25) is 5.91 Å². The highest BCUT2D eigenvalue weighted by Crippen LogP contribution is 2.59. The predicted octanol–water partition coefficient (Wildman–Crippen LogP) is 1.91. The largest absolute Gasteiger partial charge is 0.445 e. The maximum absolute atomic E-state index is 12.0. The molecule has 5 heteroatoms. The number of nitrogens with zero attached hydrogens (tertiary/aromatic N) is 1. The minimum absolute atomic E-state index is 0.0139. The van der Waals surface area contributed by atoms with Crippen LogP contribution in [0, 0.1) is 11.3 Å². The average Bonchev–Trinajstić information content (AvgIpc) is 3.21. The Morgan fingerprint density at radius 2 is 1.90 bits per heavy atom. The Morgan fingerprint density at radius 3 is 2.48 bits per heavy atom. The van der Waals surface area contributed by atoms with E-state index in [1.807, 2.05) is 30.3 Å². The standard InChI is InChI=1S/C16H20N2O3/c17-14(19)13-10-16(13)6-8-18(9-7-16)15(20)21-11-12-4-2-1-3-5-12/h1-5,13H,6-11H2,(H2,17,19)/t13-/m0/s1. The van der Waals surface area contributed by atoms with E-state index >= 15 is 0 Å². The molecule has 0 unspecified atom stereocenters. The van der Waals surface area contributed by atoms with Crippen molar-refractivity contribution in [3.8, 4) is 0 Å². The highest BCUT2D eigenvalue weighted by molar-refractivity contribution is 5.81. The van der Waals surface area contributed by atoms with Crippen molar-refractivity contribution in [2.24, 2.45) is 17.1 Å². The molecule has 1 saturated carbocycles. The van der Waals surface area contributed by atoms with Crippen molar-refractivity contribution in [2.45, 2.75) is 25.9 Å². The first-order chi connectivity index (χ1) is 10.1. The van der Waals surface area contributed by atoms with Crippen LogP contribution in [0.25, 0.3) is 0 Å². The van der Waals surface area contributed by atoms with Gasteiger partial charge < -0.3 is 15.4 Å². The number of nitrogens with two attached hydrogens (primary N) is 1. The normalized spacial score (nSPS) is 22.9. The van der Waals surface area contributed by atoms with Gasteiger partial charge in [-0.3, -0.25) is 4.79 Å². The molecule has 1 aromatic rings. The third-order valence-corrected chi connectivity index (χ3v) is 4.76. The second-order valence-corrected chi connectivity index (χ2v) is 6.05. The van der Waals surface area contributed by atoms with Gasteiger partial charge in [0, 0.05) is 19.0 Å². The number of carbonyl (C=O) groups is 2. The van der Waals surface area contributed by atoms with Crippen molar-refractivity contribution in [3.63, 3.8) is 0 Å². The lowest BCUT2D eigenvalue weighted by atomic mass is 9.91. The number of primary amides is 1. The van der Waals surface area contributed by atoms with Gasteiger partial charge >= 0.3 is 6.09 Å². The van der Waals surface area contributed by atoms with E-state index in [1.165, 1.54) is 0 Å². The molecule has 3 rings (SSSR count). The zero-order valence-corrected chi connectivity index (χ0v) is 12.0. The number of amides is 2. The highest BCUT2D eigenvalue weighted by atomic mass is 16.6. The van der Waals surface area contributed by atoms with E-state index in [-0.39, 0.29) is 23.3 Å². The highest BCUT2D eigenvalue weighted by Gasteiger charge is 2.58. The molecular weight excluding hydrogens is 268 g/mol. The number of hydrogen-bond acceptors (Lipinski definition) is 3. The number of piperidine rings is 1. The molecule has 1 aromatic carbocycles. The Labute approximate surface area is 124 Å². The molecule has 112 valence electrons. The summed E-state index contributed by atoms with van der Waals surface area (Å²) in [5.41, 5.74) is 6.42. The fraction of sp³-hybridized carbons (Fsp3) is 0.500. The van der Waals surface area contributed by atoms with Crippen molar-refractivity contribution >= 4 is 12.0 Å². The Bertz CT molecular complexity index is 536. The number of likely N-dealkylation sites (tertiary alicyclic amines) is 1. The molecular formula is C16H20N2O3. The maximum Gasteiger partial charge on any atom is 0.410 e. The van der Waals surface area contributed by atoms with Crippen LogP contribution in [-0.2, 0) is 16.1 Å². The molecule has 1 heterocycles. The first-order valence-electron chi connectivity index (χ1n) is 7.36. The first-order valence-corrected chi connectivity index (χ1v) is 7.36. The molecule has 1 aliphatic heterocycles. The topological polar surface area (TPSA) is 72.6 Å². The smallest absolute Gasteiger partial charge is 0.410 e. The second kappa shape index (κ2) is 5.39. The fourth-order valence-electron chi connectivity index (χ4n) is 3.25. The minimum atomic E-state index is -0.273. The summed E-state index contributed by atoms with van der Waals surface area (Å²) in [6, 6.07) is 9.64. The Hall–Kier alpha value is -2.04. The SMILES string of the molecule is NC(=O)[C@@H]1CC12CCN(C(=O)OCc1ccccc1)CC2. The third kappa shape index (κ3) is 2.86. The number of rotatable bonds is 3. The molecule has 1 atom stereocenters. The summed E-state index contributed by atoms with van der Waals surface area (Å²) in [6.45, 7) is 1.60. The number of carbonyl (C=O) groups excluding carboxylic acids is 2. The average molecular weight is 288 g/mol. The van der Waals surface area contributed by atoms with Gasteiger partial charge in [-0.25, -0.2) is 4.79 Å². The number of benzene rings is 1. The Kier molecular flexibility index (Phi) is 3.57. The summed E-state index contributed by atoms with van der Waals surface area (Å²) in [6.07, 6.45) is 2.31. The van der Waals surface area contributed by atoms with Crippen LogP contribution in [0.2, 0.25) is 0 Å². The first kappa shape index (κ1) is 13.9. The lowest BCUT2D eigenvalue weighted by molar-refractivity contribution is -0.120. The fourth-order valence-corrected chi connectivity index (χ4v) is 3.25. The quantitative estimate of drug-likeness (QED) is 0.923. The van der Waals surface area contributed by atoms with Crippen LogP contribution in [0.5, 0.6) is 0 Å². The molecule has 2 N–H and O–H groups in total. The van der Waals surface area contributed by atoms with E-state index in [1.54, 1.807) is 4.90 Å². The minimum Gasteiger partial charge on any atom is -0.445 e. The lowest BCUT2D eigenvalue weighted by Crippen LogP contribution is -2.40. The zero-order valence-electron chi connectivity index (χ0n) is 12.0. The van der Waals surface area contributed by atoms with Crippen LogP contribution in [0.3, 0.4) is 0 Å². The van der Waals surface area contributed by atoms with Gasteiger partial charge in [-0.2, -0.15) is 0 Å². The summed E-state index contributed by atoms with van der Waals surface area (Å²) >= 11 is 0. The van der Waals surface area contributed by atoms with E-state index in [2.05, 4.69) is 0 Å².